The van der Waals surface area contributed by atoms with Gasteiger partial charge in [-0.2, -0.15) is 0 Å². The van der Waals surface area contributed by atoms with Crippen molar-refractivity contribution in [3.8, 4) is 39.9 Å². The number of hydrogen-bond acceptors (Lipinski definition) is 5. The van der Waals surface area contributed by atoms with Crippen LogP contribution in [0.5, 0.6) is 0 Å². The van der Waals surface area contributed by atoms with Gasteiger partial charge in [-0.3, -0.25) is 0 Å². The zero-order valence-electron chi connectivity index (χ0n) is 31.7. The van der Waals surface area contributed by atoms with Crippen molar-refractivity contribution >= 4 is 84.8 Å². The molecule has 0 aliphatic carbocycles. The SMILES string of the molecule is [2H]c1c([2H])c([2H])c(-n2c3ccccc3c3ccc(-c4nc(-c5ccc6c(c5)sc5ccccc56)nc(-c5ccc6sc7ccccc7c6c5)n4)cc32)c([2H])c1[2H]. The molecule has 6 heteroatoms. The van der Waals surface area contributed by atoms with Crippen LogP contribution in [0.25, 0.3) is 102 Å². The van der Waals surface area contributed by atoms with E-state index in [0.29, 0.717) is 28.6 Å². The first-order valence-corrected chi connectivity index (χ1v) is 18.2. The summed E-state index contributed by atoms with van der Waals surface area (Å²) >= 11 is 3.50. The monoisotopic (exact) mass is 691 g/mol. The molecule has 0 N–H and O–H groups in total. The maximum Gasteiger partial charge on any atom is 0.164 e. The molecular weight excluding hydrogens is 661 g/mol. The Morgan fingerprint density at radius 3 is 1.67 bits per heavy atom. The van der Waals surface area contributed by atoms with Crippen molar-refractivity contribution in [1.29, 1.82) is 0 Å². The molecule has 0 aliphatic rings. The van der Waals surface area contributed by atoms with E-state index in [2.05, 4.69) is 84.9 Å². The van der Waals surface area contributed by atoms with Gasteiger partial charge >= 0.3 is 0 Å². The Bertz CT molecular complexity index is 3430. The number of rotatable bonds is 4. The van der Waals surface area contributed by atoms with E-state index in [4.69, 9.17) is 21.8 Å². The molecular formula is C45H26N4S2. The van der Waals surface area contributed by atoms with Gasteiger partial charge in [0, 0.05) is 73.5 Å². The van der Waals surface area contributed by atoms with Crippen molar-refractivity contribution in [2.45, 2.75) is 0 Å². The Balaban J connectivity index is 1.16. The largest absolute Gasteiger partial charge is 0.309 e. The van der Waals surface area contributed by atoms with Crippen LogP contribution in [0.1, 0.15) is 6.85 Å². The van der Waals surface area contributed by atoms with E-state index < -0.39 is 6.04 Å². The molecule has 0 saturated carbocycles. The topological polar surface area (TPSA) is 43.6 Å². The lowest BCUT2D eigenvalue weighted by atomic mass is 10.1. The molecule has 7 aromatic carbocycles. The smallest absolute Gasteiger partial charge is 0.164 e. The average molecular weight is 692 g/mol. The maximum absolute atomic E-state index is 8.89. The Morgan fingerprint density at radius 1 is 0.412 bits per heavy atom. The molecule has 0 unspecified atom stereocenters. The van der Waals surface area contributed by atoms with E-state index in [-0.39, 0.29) is 29.9 Å². The molecule has 0 spiro atoms. The molecule has 0 atom stereocenters. The van der Waals surface area contributed by atoms with Gasteiger partial charge in [-0.15, -0.1) is 22.7 Å². The minimum absolute atomic E-state index is 0.0873. The van der Waals surface area contributed by atoms with Gasteiger partial charge in [0.2, 0.25) is 0 Å². The van der Waals surface area contributed by atoms with E-state index >= 15 is 0 Å². The Hall–Kier alpha value is -6.21. The Labute approximate surface area is 307 Å². The van der Waals surface area contributed by atoms with Crippen molar-refractivity contribution in [3.05, 3.63) is 158 Å². The Morgan fingerprint density at radius 2 is 0.922 bits per heavy atom. The quantitative estimate of drug-likeness (QED) is 0.184. The van der Waals surface area contributed by atoms with Crippen molar-refractivity contribution < 1.29 is 6.85 Å². The standard InChI is InChI=1S/C45H26N4S2/c1-2-10-30(11-3-1)49-37-15-7-4-12-31(37)32-21-18-28(25-38(32)49)44-46-43(27-20-23-41-36(24-27)34-14-6-9-17-40(34)50-41)47-45(48-44)29-19-22-35-33-13-5-8-16-39(33)51-42(35)26-29/h1-26H/i1D,2D,3D,10D,11D. The van der Waals surface area contributed by atoms with Crippen molar-refractivity contribution in [1.82, 2.24) is 19.5 Å². The fourth-order valence-corrected chi connectivity index (χ4v) is 9.43. The van der Waals surface area contributed by atoms with Crippen LogP contribution >= 0.6 is 22.7 Å². The molecule has 0 aliphatic heterocycles. The number of thiophene rings is 2. The average Bonchev–Trinajstić information content (AvgIpc) is 3.91. The molecule has 4 aromatic heterocycles. The third kappa shape index (κ3) is 4.54. The minimum Gasteiger partial charge on any atom is -0.309 e. The molecule has 0 fully saturated rings. The third-order valence-electron chi connectivity index (χ3n) is 9.55. The highest BCUT2D eigenvalue weighted by Gasteiger charge is 2.18. The first-order chi connectivity index (χ1) is 27.3. The van der Waals surface area contributed by atoms with E-state index in [1.165, 1.54) is 30.3 Å². The lowest BCUT2D eigenvalue weighted by Gasteiger charge is -2.10. The predicted molar refractivity (Wildman–Crippen MR) is 216 cm³/mol. The van der Waals surface area contributed by atoms with Crippen LogP contribution in [0.4, 0.5) is 0 Å². The van der Waals surface area contributed by atoms with Crippen molar-refractivity contribution in [3.63, 3.8) is 0 Å². The molecule has 11 aromatic rings. The normalized spacial score (nSPS) is 13.3. The summed E-state index contributed by atoms with van der Waals surface area (Å²) < 4.78 is 49.5. The van der Waals surface area contributed by atoms with Crippen LogP contribution in [0.15, 0.2) is 158 Å². The number of hydrogen-bond donors (Lipinski definition) is 0. The van der Waals surface area contributed by atoms with Gasteiger partial charge in [-0.1, -0.05) is 97.0 Å². The van der Waals surface area contributed by atoms with Gasteiger partial charge in [-0.05, 0) is 60.6 Å². The van der Waals surface area contributed by atoms with Crippen molar-refractivity contribution in [2.24, 2.45) is 0 Å². The van der Waals surface area contributed by atoms with E-state index in [0.717, 1.165) is 37.5 Å². The molecule has 4 nitrogen and oxygen atoms in total. The van der Waals surface area contributed by atoms with Crippen LogP contribution in [0.3, 0.4) is 0 Å². The summed E-state index contributed by atoms with van der Waals surface area (Å²) in [5.74, 6) is 1.52. The number of fused-ring (bicyclic) bond motifs is 9. The van der Waals surface area contributed by atoms with Gasteiger partial charge in [0.05, 0.1) is 17.9 Å². The van der Waals surface area contributed by atoms with Gasteiger partial charge in [-0.25, -0.2) is 15.0 Å². The summed E-state index contributed by atoms with van der Waals surface area (Å²) in [7, 11) is 0. The summed E-state index contributed by atoms with van der Waals surface area (Å²) in [6.45, 7) is 0. The highest BCUT2D eigenvalue weighted by atomic mass is 32.1. The molecule has 0 saturated heterocycles. The number of para-hydroxylation sites is 2. The predicted octanol–water partition coefficient (Wildman–Crippen LogP) is 12.7. The zero-order valence-corrected chi connectivity index (χ0v) is 28.4. The summed E-state index contributed by atoms with van der Waals surface area (Å²) in [4.78, 5) is 15.4. The van der Waals surface area contributed by atoms with Gasteiger partial charge < -0.3 is 4.57 Å². The minimum atomic E-state index is -0.432. The van der Waals surface area contributed by atoms with Crippen molar-refractivity contribution in [2.75, 3.05) is 0 Å². The number of nitrogens with zero attached hydrogens (tertiary/aromatic N) is 4. The lowest BCUT2D eigenvalue weighted by molar-refractivity contribution is 1.07. The summed E-state index contributed by atoms with van der Waals surface area (Å²) in [6, 6.07) is 41.4. The van der Waals surface area contributed by atoms with E-state index in [1.807, 2.05) is 42.5 Å². The van der Waals surface area contributed by atoms with Crippen LogP contribution in [-0.2, 0) is 0 Å². The second-order valence-corrected chi connectivity index (χ2v) is 14.7. The van der Waals surface area contributed by atoms with Crippen LogP contribution < -0.4 is 0 Å². The van der Waals surface area contributed by atoms with Crippen LogP contribution in [0.2, 0.25) is 0 Å². The fraction of sp³-hybridized carbons (Fsp3) is 0. The summed E-state index contributed by atoms with van der Waals surface area (Å²) in [5.41, 5.74) is 3.91. The van der Waals surface area contributed by atoms with Gasteiger partial charge in [0.15, 0.2) is 17.5 Å². The van der Waals surface area contributed by atoms with Gasteiger partial charge in [0.1, 0.15) is 0 Å². The second-order valence-electron chi connectivity index (χ2n) is 12.5. The number of aromatic nitrogens is 4. The maximum atomic E-state index is 8.89. The Kier molecular flexibility index (Phi) is 5.25. The molecule has 11 rings (SSSR count). The molecule has 0 amide bonds. The summed E-state index contributed by atoms with van der Waals surface area (Å²) in [5, 5.41) is 6.49. The molecule has 51 heavy (non-hydrogen) atoms. The summed E-state index contributed by atoms with van der Waals surface area (Å²) in [6.07, 6.45) is 0. The van der Waals surface area contributed by atoms with Crippen LogP contribution in [-0.4, -0.2) is 19.5 Å². The molecule has 0 radical (unpaired) electrons. The molecule has 238 valence electrons. The highest BCUT2D eigenvalue weighted by Crippen LogP contribution is 2.39. The first-order valence-electron chi connectivity index (χ1n) is 19.0. The van der Waals surface area contributed by atoms with Crippen LogP contribution in [0, 0.1) is 0 Å². The lowest BCUT2D eigenvalue weighted by Crippen LogP contribution is -2.00. The third-order valence-corrected chi connectivity index (χ3v) is 11.8. The number of benzene rings is 7. The molecule has 0 bridgehead atoms. The van der Waals surface area contributed by atoms with Gasteiger partial charge in [0.25, 0.3) is 0 Å². The highest BCUT2D eigenvalue weighted by molar-refractivity contribution is 7.26. The zero-order chi connectivity index (χ0) is 37.8. The second kappa shape index (κ2) is 11.2. The van der Waals surface area contributed by atoms with E-state index in [1.54, 1.807) is 27.2 Å². The first kappa shape index (κ1) is 24.0. The fourth-order valence-electron chi connectivity index (χ4n) is 7.20. The molecule has 4 heterocycles. The van der Waals surface area contributed by atoms with E-state index in [9.17, 15) is 0 Å².